The second kappa shape index (κ2) is 10.0. The Morgan fingerprint density at radius 2 is 1.80 bits per heavy atom. The van der Waals surface area contributed by atoms with E-state index in [-0.39, 0.29) is 16.9 Å². The van der Waals surface area contributed by atoms with Crippen molar-refractivity contribution >= 4 is 29.2 Å². The van der Waals surface area contributed by atoms with Crippen LogP contribution in [0.1, 0.15) is 21.5 Å². The summed E-state index contributed by atoms with van der Waals surface area (Å²) in [6.07, 6.45) is 0. The quantitative estimate of drug-likeness (QED) is 0.383. The summed E-state index contributed by atoms with van der Waals surface area (Å²) in [7, 11) is 1.42. The maximum absolute atomic E-state index is 12.1. The maximum Gasteiger partial charge on any atom is 0.325 e. The molecule has 0 aliphatic carbocycles. The minimum absolute atomic E-state index is 0.0468. The van der Waals surface area contributed by atoms with Crippen LogP contribution in [-0.2, 0) is 14.3 Å². The number of ether oxygens (including phenoxy) is 2. The van der Waals surface area contributed by atoms with Gasteiger partial charge in [-0.05, 0) is 37.1 Å². The molecule has 0 saturated heterocycles. The predicted octanol–water partition coefficient (Wildman–Crippen LogP) is 2.13. The molecule has 0 bridgehead atoms. The number of methoxy groups -OCH3 is 1. The molecule has 0 radical (unpaired) electrons. The lowest BCUT2D eigenvalue weighted by molar-refractivity contribution is -0.384. The van der Waals surface area contributed by atoms with Crippen LogP contribution in [0.3, 0.4) is 0 Å². The van der Waals surface area contributed by atoms with E-state index in [1.54, 1.807) is 38.1 Å². The zero-order valence-corrected chi connectivity index (χ0v) is 16.7. The van der Waals surface area contributed by atoms with Crippen molar-refractivity contribution in [2.75, 3.05) is 25.6 Å². The number of nitro groups is 1. The Balaban J connectivity index is 1.90. The number of amides is 2. The summed E-state index contributed by atoms with van der Waals surface area (Å²) in [5, 5.41) is 15.9. The highest BCUT2D eigenvalue weighted by Gasteiger charge is 2.20. The summed E-state index contributed by atoms with van der Waals surface area (Å²) < 4.78 is 9.90. The molecule has 2 aromatic carbocycles. The molecule has 0 fully saturated rings. The number of carbonyl (C=O) groups is 3. The number of anilines is 1. The van der Waals surface area contributed by atoms with Crippen molar-refractivity contribution in [3.63, 3.8) is 0 Å². The van der Waals surface area contributed by atoms with E-state index in [1.165, 1.54) is 19.2 Å². The Morgan fingerprint density at radius 1 is 1.10 bits per heavy atom. The topological polar surface area (TPSA) is 137 Å². The Morgan fingerprint density at radius 3 is 2.47 bits per heavy atom. The largest absolute Gasteiger partial charge is 0.496 e. The molecule has 0 spiro atoms. The number of esters is 1. The van der Waals surface area contributed by atoms with E-state index in [0.29, 0.717) is 11.3 Å². The molecule has 0 aliphatic rings. The lowest BCUT2D eigenvalue weighted by Crippen LogP contribution is -2.32. The highest BCUT2D eigenvalue weighted by atomic mass is 16.6. The molecule has 0 aromatic heterocycles. The van der Waals surface area contributed by atoms with Crippen LogP contribution < -0.4 is 15.4 Å². The highest BCUT2D eigenvalue weighted by Crippen LogP contribution is 2.30. The van der Waals surface area contributed by atoms with Crippen molar-refractivity contribution in [1.29, 1.82) is 0 Å². The van der Waals surface area contributed by atoms with E-state index >= 15 is 0 Å². The summed E-state index contributed by atoms with van der Waals surface area (Å²) in [4.78, 5) is 46.6. The van der Waals surface area contributed by atoms with Gasteiger partial charge in [-0.2, -0.15) is 0 Å². The molecule has 2 rings (SSSR count). The van der Waals surface area contributed by atoms with Crippen LogP contribution in [0.25, 0.3) is 0 Å². The molecular formula is C20H21N3O7. The van der Waals surface area contributed by atoms with Gasteiger partial charge in [0.15, 0.2) is 6.61 Å². The normalized spacial score (nSPS) is 10.1. The van der Waals surface area contributed by atoms with Crippen LogP contribution in [0.15, 0.2) is 36.4 Å². The monoisotopic (exact) mass is 415 g/mol. The fourth-order valence-corrected chi connectivity index (χ4v) is 2.56. The standard InChI is InChI=1S/C20H21N3O7/c1-12-8-9-15(23(27)28)19(13(12)2)22-17(24)11-30-18(25)10-21-20(26)14-6-4-5-7-16(14)29-3/h4-9H,10-11H2,1-3H3,(H,21,26)(H,22,24). The molecule has 158 valence electrons. The Kier molecular flexibility index (Phi) is 7.45. The maximum atomic E-state index is 12.1. The predicted molar refractivity (Wildman–Crippen MR) is 107 cm³/mol. The number of rotatable bonds is 8. The number of hydrogen-bond acceptors (Lipinski definition) is 7. The van der Waals surface area contributed by atoms with Crippen LogP contribution >= 0.6 is 0 Å². The average molecular weight is 415 g/mol. The van der Waals surface area contributed by atoms with Gasteiger partial charge in [0.1, 0.15) is 18.0 Å². The molecule has 2 N–H and O–H groups in total. The Labute approximate surface area is 172 Å². The first-order valence-electron chi connectivity index (χ1n) is 8.85. The van der Waals surface area contributed by atoms with Crippen molar-refractivity contribution in [1.82, 2.24) is 5.32 Å². The molecule has 0 heterocycles. The lowest BCUT2D eigenvalue weighted by atomic mass is 10.1. The van der Waals surface area contributed by atoms with E-state index in [1.807, 2.05) is 0 Å². The van der Waals surface area contributed by atoms with E-state index < -0.39 is 35.9 Å². The van der Waals surface area contributed by atoms with Crippen LogP contribution in [0.5, 0.6) is 5.75 Å². The fraction of sp³-hybridized carbons (Fsp3) is 0.250. The molecule has 2 aromatic rings. The molecule has 10 heteroatoms. The minimum atomic E-state index is -0.844. The smallest absolute Gasteiger partial charge is 0.325 e. The molecule has 2 amide bonds. The van der Waals surface area contributed by atoms with E-state index in [4.69, 9.17) is 9.47 Å². The molecule has 0 aliphatic heterocycles. The zero-order valence-electron chi connectivity index (χ0n) is 16.7. The van der Waals surface area contributed by atoms with E-state index in [2.05, 4.69) is 10.6 Å². The van der Waals surface area contributed by atoms with Gasteiger partial charge in [-0.1, -0.05) is 18.2 Å². The van der Waals surface area contributed by atoms with Crippen LogP contribution in [0.2, 0.25) is 0 Å². The van der Waals surface area contributed by atoms with Crippen molar-refractivity contribution in [3.8, 4) is 5.75 Å². The van der Waals surface area contributed by atoms with Crippen molar-refractivity contribution in [3.05, 3.63) is 63.2 Å². The van der Waals surface area contributed by atoms with Crippen molar-refractivity contribution in [2.24, 2.45) is 0 Å². The number of nitrogens with zero attached hydrogens (tertiary/aromatic N) is 1. The number of benzene rings is 2. The summed E-state index contributed by atoms with van der Waals surface area (Å²) in [5.41, 5.74) is 1.32. The summed E-state index contributed by atoms with van der Waals surface area (Å²) in [6, 6.07) is 9.34. The summed E-state index contributed by atoms with van der Waals surface area (Å²) in [6.45, 7) is 2.26. The molecule has 0 atom stereocenters. The zero-order chi connectivity index (χ0) is 22.3. The third-order valence-corrected chi connectivity index (χ3v) is 4.28. The van der Waals surface area contributed by atoms with Gasteiger partial charge in [0.05, 0.1) is 17.6 Å². The molecular weight excluding hydrogens is 394 g/mol. The van der Waals surface area contributed by atoms with Gasteiger partial charge < -0.3 is 20.1 Å². The number of carbonyl (C=O) groups excluding carboxylic acids is 3. The third-order valence-electron chi connectivity index (χ3n) is 4.28. The molecule has 30 heavy (non-hydrogen) atoms. The van der Waals surface area contributed by atoms with Crippen LogP contribution in [-0.4, -0.2) is 43.0 Å². The van der Waals surface area contributed by atoms with Crippen LogP contribution in [0, 0.1) is 24.0 Å². The third kappa shape index (κ3) is 5.53. The number of hydrogen-bond donors (Lipinski definition) is 2. The first kappa shape index (κ1) is 22.3. The van der Waals surface area contributed by atoms with Gasteiger partial charge in [0, 0.05) is 6.07 Å². The molecule has 0 saturated carbocycles. The van der Waals surface area contributed by atoms with Gasteiger partial charge in [-0.15, -0.1) is 0 Å². The van der Waals surface area contributed by atoms with Crippen LogP contribution in [0.4, 0.5) is 11.4 Å². The van der Waals surface area contributed by atoms with Gasteiger partial charge in [0.2, 0.25) is 0 Å². The van der Waals surface area contributed by atoms with Gasteiger partial charge >= 0.3 is 5.97 Å². The summed E-state index contributed by atoms with van der Waals surface area (Å²) >= 11 is 0. The highest BCUT2D eigenvalue weighted by molar-refractivity contribution is 5.99. The SMILES string of the molecule is COc1ccccc1C(=O)NCC(=O)OCC(=O)Nc1c([N+](=O)[O-])ccc(C)c1C. The number of nitrogens with one attached hydrogen (secondary N) is 2. The first-order valence-corrected chi connectivity index (χ1v) is 8.85. The Hall–Kier alpha value is -3.95. The molecule has 10 nitrogen and oxygen atoms in total. The number of para-hydroxylation sites is 1. The molecule has 0 unspecified atom stereocenters. The second-order valence-electron chi connectivity index (χ2n) is 6.25. The van der Waals surface area contributed by atoms with Crippen molar-refractivity contribution < 1.29 is 28.8 Å². The van der Waals surface area contributed by atoms with Gasteiger partial charge in [-0.25, -0.2) is 0 Å². The summed E-state index contributed by atoms with van der Waals surface area (Å²) in [5.74, 6) is -1.78. The fourth-order valence-electron chi connectivity index (χ4n) is 2.56. The number of aryl methyl sites for hydroxylation is 1. The van der Waals surface area contributed by atoms with E-state index in [9.17, 15) is 24.5 Å². The average Bonchev–Trinajstić information content (AvgIpc) is 2.73. The minimum Gasteiger partial charge on any atom is -0.496 e. The first-order chi connectivity index (χ1) is 14.2. The van der Waals surface area contributed by atoms with Gasteiger partial charge in [-0.3, -0.25) is 24.5 Å². The van der Waals surface area contributed by atoms with Gasteiger partial charge in [0.25, 0.3) is 17.5 Å². The number of nitro benzene ring substituents is 1. The Bertz CT molecular complexity index is 988. The second-order valence-corrected chi connectivity index (χ2v) is 6.25. The van der Waals surface area contributed by atoms with E-state index in [0.717, 1.165) is 5.56 Å². The lowest BCUT2D eigenvalue weighted by Gasteiger charge is -2.12. The van der Waals surface area contributed by atoms with Crippen molar-refractivity contribution in [2.45, 2.75) is 13.8 Å².